The minimum Gasteiger partial charge on any atom is -0.419 e. The Morgan fingerprint density at radius 3 is 2.62 bits per heavy atom. The van der Waals surface area contributed by atoms with Gasteiger partial charge in [-0.1, -0.05) is 30.5 Å². The lowest BCUT2D eigenvalue weighted by molar-refractivity contribution is 0.0422. The van der Waals surface area contributed by atoms with Crippen molar-refractivity contribution in [2.45, 2.75) is 51.7 Å². The molecule has 5 heteroatoms. The summed E-state index contributed by atoms with van der Waals surface area (Å²) in [6.07, 6.45) is 4.18. The van der Waals surface area contributed by atoms with Gasteiger partial charge in [-0.05, 0) is 51.8 Å². The third-order valence-corrected chi connectivity index (χ3v) is 5.15. The van der Waals surface area contributed by atoms with Gasteiger partial charge in [0.05, 0.1) is 12.1 Å². The standard InChI is InChI=1S/C19H27N3O2/c1-13-8-10-15(11-9-13)19-21-20-18(24-19)14(2)22(3)12-16-6-4-5-7-17(16)23/h8-11,14,16-17,23H,4-7,12H2,1-3H3. The monoisotopic (exact) mass is 329 g/mol. The highest BCUT2D eigenvalue weighted by Crippen LogP contribution is 2.28. The molecule has 24 heavy (non-hydrogen) atoms. The number of aliphatic hydroxyl groups is 1. The van der Waals surface area contributed by atoms with Crippen LogP contribution in [-0.4, -0.2) is 39.9 Å². The van der Waals surface area contributed by atoms with E-state index in [-0.39, 0.29) is 12.1 Å². The first-order valence-electron chi connectivity index (χ1n) is 8.83. The molecule has 1 aromatic heterocycles. The first-order chi connectivity index (χ1) is 11.5. The molecule has 1 N–H and O–H groups in total. The number of hydrogen-bond acceptors (Lipinski definition) is 5. The zero-order valence-electron chi connectivity index (χ0n) is 14.8. The van der Waals surface area contributed by atoms with Crippen LogP contribution >= 0.6 is 0 Å². The predicted octanol–water partition coefficient (Wildman–Crippen LogP) is 3.59. The second-order valence-corrected chi connectivity index (χ2v) is 7.04. The number of aliphatic hydroxyl groups excluding tert-OH is 1. The minimum atomic E-state index is -0.181. The SMILES string of the molecule is Cc1ccc(-c2nnc(C(C)N(C)CC3CCCCC3O)o2)cc1. The van der Waals surface area contributed by atoms with Crippen LogP contribution in [0.1, 0.15) is 50.1 Å². The third-order valence-electron chi connectivity index (χ3n) is 5.15. The van der Waals surface area contributed by atoms with Gasteiger partial charge in [0.15, 0.2) is 0 Å². The number of rotatable bonds is 5. The summed E-state index contributed by atoms with van der Waals surface area (Å²) in [5.41, 5.74) is 2.15. The van der Waals surface area contributed by atoms with Crippen molar-refractivity contribution in [3.05, 3.63) is 35.7 Å². The van der Waals surface area contributed by atoms with E-state index in [0.29, 0.717) is 17.7 Å². The lowest BCUT2D eigenvalue weighted by Crippen LogP contribution is -2.36. The van der Waals surface area contributed by atoms with Crippen molar-refractivity contribution in [2.75, 3.05) is 13.6 Å². The molecular formula is C19H27N3O2. The Hall–Kier alpha value is -1.72. The zero-order chi connectivity index (χ0) is 17.1. The Kier molecular flexibility index (Phi) is 5.31. The average Bonchev–Trinajstić information content (AvgIpc) is 3.07. The molecule has 3 atom stereocenters. The first-order valence-corrected chi connectivity index (χ1v) is 8.83. The first kappa shape index (κ1) is 17.1. The number of aromatic nitrogens is 2. The van der Waals surface area contributed by atoms with Gasteiger partial charge in [0.25, 0.3) is 0 Å². The van der Waals surface area contributed by atoms with E-state index in [4.69, 9.17) is 4.42 Å². The molecule has 1 aliphatic rings. The summed E-state index contributed by atoms with van der Waals surface area (Å²) in [5, 5.41) is 18.6. The number of benzene rings is 1. The summed E-state index contributed by atoms with van der Waals surface area (Å²) in [4.78, 5) is 2.20. The Morgan fingerprint density at radius 1 is 1.21 bits per heavy atom. The number of aryl methyl sites for hydroxylation is 1. The second-order valence-electron chi connectivity index (χ2n) is 7.04. The molecule has 1 aromatic carbocycles. The van der Waals surface area contributed by atoms with Crippen molar-refractivity contribution in [3.8, 4) is 11.5 Å². The van der Waals surface area contributed by atoms with E-state index in [0.717, 1.165) is 31.4 Å². The fraction of sp³-hybridized carbons (Fsp3) is 0.579. The van der Waals surface area contributed by atoms with Crippen molar-refractivity contribution in [2.24, 2.45) is 5.92 Å². The average molecular weight is 329 g/mol. The Bertz CT molecular complexity index is 653. The molecule has 130 valence electrons. The Morgan fingerprint density at radius 2 is 1.92 bits per heavy atom. The van der Waals surface area contributed by atoms with Crippen molar-refractivity contribution >= 4 is 0 Å². The van der Waals surface area contributed by atoms with Gasteiger partial charge in [-0.3, -0.25) is 4.90 Å². The lowest BCUT2D eigenvalue weighted by Gasteiger charge is -2.32. The van der Waals surface area contributed by atoms with Gasteiger partial charge < -0.3 is 9.52 Å². The van der Waals surface area contributed by atoms with Crippen LogP contribution in [0, 0.1) is 12.8 Å². The van der Waals surface area contributed by atoms with Gasteiger partial charge in [-0.25, -0.2) is 0 Å². The molecule has 1 fully saturated rings. The fourth-order valence-corrected chi connectivity index (χ4v) is 3.33. The predicted molar refractivity (Wildman–Crippen MR) is 93.5 cm³/mol. The van der Waals surface area contributed by atoms with Gasteiger partial charge in [-0.15, -0.1) is 10.2 Å². The molecule has 0 radical (unpaired) electrons. The molecule has 0 bridgehead atoms. The quantitative estimate of drug-likeness (QED) is 0.908. The summed E-state index contributed by atoms with van der Waals surface area (Å²) in [6, 6.07) is 8.11. The molecule has 0 saturated heterocycles. The summed E-state index contributed by atoms with van der Waals surface area (Å²) in [7, 11) is 2.06. The second kappa shape index (κ2) is 7.45. The maximum absolute atomic E-state index is 10.2. The number of hydrogen-bond donors (Lipinski definition) is 1. The van der Waals surface area contributed by atoms with Gasteiger partial charge in [-0.2, -0.15) is 0 Å². The lowest BCUT2D eigenvalue weighted by atomic mass is 9.86. The molecule has 0 aliphatic heterocycles. The van der Waals surface area contributed by atoms with Gasteiger partial charge in [0.2, 0.25) is 11.8 Å². The van der Waals surface area contributed by atoms with E-state index in [1.54, 1.807) is 0 Å². The van der Waals surface area contributed by atoms with E-state index >= 15 is 0 Å². The Labute approximate surface area is 143 Å². The van der Waals surface area contributed by atoms with E-state index < -0.39 is 0 Å². The molecule has 2 aromatic rings. The summed E-state index contributed by atoms with van der Waals surface area (Å²) in [6.45, 7) is 4.98. The van der Waals surface area contributed by atoms with Crippen LogP contribution in [-0.2, 0) is 0 Å². The smallest absolute Gasteiger partial charge is 0.247 e. The fourth-order valence-electron chi connectivity index (χ4n) is 3.33. The van der Waals surface area contributed by atoms with Gasteiger partial charge >= 0.3 is 0 Å². The highest BCUT2D eigenvalue weighted by atomic mass is 16.4. The Balaban J connectivity index is 1.66. The molecular weight excluding hydrogens is 302 g/mol. The van der Waals surface area contributed by atoms with Crippen LogP contribution in [0.15, 0.2) is 28.7 Å². The van der Waals surface area contributed by atoms with Crippen LogP contribution in [0.4, 0.5) is 0 Å². The third kappa shape index (κ3) is 3.84. The molecule has 1 saturated carbocycles. The van der Waals surface area contributed by atoms with Crippen molar-refractivity contribution in [1.82, 2.24) is 15.1 Å². The van der Waals surface area contributed by atoms with Crippen LogP contribution in [0.5, 0.6) is 0 Å². The highest BCUT2D eigenvalue weighted by Gasteiger charge is 2.27. The molecule has 0 spiro atoms. The molecule has 5 nitrogen and oxygen atoms in total. The number of nitrogens with zero attached hydrogens (tertiary/aromatic N) is 3. The maximum Gasteiger partial charge on any atom is 0.247 e. The largest absolute Gasteiger partial charge is 0.419 e. The van der Waals surface area contributed by atoms with Gasteiger partial charge in [0, 0.05) is 12.1 Å². The molecule has 0 amide bonds. The van der Waals surface area contributed by atoms with Crippen LogP contribution < -0.4 is 0 Å². The van der Waals surface area contributed by atoms with Crippen LogP contribution in [0.25, 0.3) is 11.5 Å². The molecule has 3 unspecified atom stereocenters. The van der Waals surface area contributed by atoms with Crippen molar-refractivity contribution < 1.29 is 9.52 Å². The molecule has 1 aliphatic carbocycles. The van der Waals surface area contributed by atoms with E-state index in [9.17, 15) is 5.11 Å². The summed E-state index contributed by atoms with van der Waals surface area (Å²) >= 11 is 0. The normalized spacial score (nSPS) is 22.7. The van der Waals surface area contributed by atoms with E-state index in [2.05, 4.69) is 36.0 Å². The van der Waals surface area contributed by atoms with Crippen molar-refractivity contribution in [3.63, 3.8) is 0 Å². The van der Waals surface area contributed by atoms with Crippen molar-refractivity contribution in [1.29, 1.82) is 0 Å². The zero-order valence-corrected chi connectivity index (χ0v) is 14.8. The molecule has 1 heterocycles. The van der Waals surface area contributed by atoms with Gasteiger partial charge in [0.1, 0.15) is 0 Å². The van der Waals surface area contributed by atoms with E-state index in [1.165, 1.54) is 12.0 Å². The van der Waals surface area contributed by atoms with E-state index in [1.807, 2.05) is 24.3 Å². The molecule has 3 rings (SSSR count). The van der Waals surface area contributed by atoms with Crippen LogP contribution in [0.2, 0.25) is 0 Å². The highest BCUT2D eigenvalue weighted by molar-refractivity contribution is 5.52. The van der Waals surface area contributed by atoms with Crippen LogP contribution in [0.3, 0.4) is 0 Å². The summed E-state index contributed by atoms with van der Waals surface area (Å²) < 4.78 is 5.88. The minimum absolute atomic E-state index is 0.0332. The summed E-state index contributed by atoms with van der Waals surface area (Å²) in [5.74, 6) is 1.52. The topological polar surface area (TPSA) is 62.4 Å². The maximum atomic E-state index is 10.2.